The number of carbonyl (C=O) groups excluding carboxylic acids is 1. The molecule has 0 saturated carbocycles. The number of likely N-dealkylation sites (N-methyl/N-ethyl adjacent to an activating group) is 1. The van der Waals surface area contributed by atoms with Crippen molar-refractivity contribution in [1.29, 1.82) is 0 Å². The number of rotatable bonds is 4. The van der Waals surface area contributed by atoms with Gasteiger partial charge in [-0.1, -0.05) is 25.1 Å². The third-order valence-corrected chi connectivity index (χ3v) is 4.40. The number of nitrogens with zero attached hydrogens (tertiary/aromatic N) is 1. The molecule has 0 unspecified atom stereocenters. The Morgan fingerprint density at radius 2 is 2.23 bits per heavy atom. The predicted molar refractivity (Wildman–Crippen MR) is 87.2 cm³/mol. The van der Waals surface area contributed by atoms with Crippen LogP contribution in [-0.2, 0) is 0 Å². The van der Waals surface area contributed by atoms with Crippen LogP contribution in [0.3, 0.4) is 0 Å². The molecule has 2 aromatic rings. The van der Waals surface area contributed by atoms with Crippen LogP contribution in [-0.4, -0.2) is 41.5 Å². The third kappa shape index (κ3) is 2.90. The number of H-pyrrole nitrogens is 1. The molecule has 1 aromatic heterocycles. The predicted octanol–water partition coefficient (Wildman–Crippen LogP) is 1.74. The zero-order valence-corrected chi connectivity index (χ0v) is 12.8. The minimum absolute atomic E-state index is 0.180. The summed E-state index contributed by atoms with van der Waals surface area (Å²) < 4.78 is 0. The Hall–Kier alpha value is -2.14. The largest absolute Gasteiger partial charge is 0.350 e. The molecule has 5 nitrogen and oxygen atoms in total. The van der Waals surface area contributed by atoms with Crippen molar-refractivity contribution in [3.8, 4) is 0 Å². The molecule has 5 heteroatoms. The lowest BCUT2D eigenvalue weighted by atomic mass is 10.1. The molecule has 1 fully saturated rings. The summed E-state index contributed by atoms with van der Waals surface area (Å²) in [5.41, 5.74) is 0.590. The topological polar surface area (TPSA) is 65.2 Å². The second-order valence-electron chi connectivity index (χ2n) is 5.73. The number of nitrogens with one attached hydrogen (secondary N) is 2. The summed E-state index contributed by atoms with van der Waals surface area (Å²) in [6.07, 6.45) is 2.27. The fourth-order valence-electron chi connectivity index (χ4n) is 3.16. The van der Waals surface area contributed by atoms with Crippen molar-refractivity contribution in [2.24, 2.45) is 0 Å². The first-order valence-electron chi connectivity index (χ1n) is 7.83. The zero-order chi connectivity index (χ0) is 15.5. The SMILES string of the molecule is CCN1CCC[C@@H]1CNC(=O)c1cc2ccccc2[nH]c1=O. The summed E-state index contributed by atoms with van der Waals surface area (Å²) >= 11 is 0. The third-order valence-electron chi connectivity index (χ3n) is 4.40. The number of aromatic nitrogens is 1. The average molecular weight is 299 g/mol. The Kier molecular flexibility index (Phi) is 4.24. The van der Waals surface area contributed by atoms with Gasteiger partial charge < -0.3 is 10.3 Å². The lowest BCUT2D eigenvalue weighted by molar-refractivity contribution is 0.0940. The van der Waals surface area contributed by atoms with Crippen molar-refractivity contribution < 1.29 is 4.79 Å². The first-order chi connectivity index (χ1) is 10.7. The van der Waals surface area contributed by atoms with E-state index in [0.717, 1.165) is 30.4 Å². The summed E-state index contributed by atoms with van der Waals surface area (Å²) in [5, 5.41) is 3.77. The first-order valence-corrected chi connectivity index (χ1v) is 7.83. The van der Waals surface area contributed by atoms with E-state index in [2.05, 4.69) is 22.1 Å². The van der Waals surface area contributed by atoms with Crippen LogP contribution < -0.4 is 10.9 Å². The summed E-state index contributed by atoms with van der Waals surface area (Å²) in [4.78, 5) is 29.5. The van der Waals surface area contributed by atoms with Crippen molar-refractivity contribution in [2.75, 3.05) is 19.6 Å². The van der Waals surface area contributed by atoms with Gasteiger partial charge in [-0.05, 0) is 43.5 Å². The monoisotopic (exact) mass is 299 g/mol. The molecule has 1 atom stereocenters. The summed E-state index contributed by atoms with van der Waals surface area (Å²) in [6.45, 7) is 4.82. The summed E-state index contributed by atoms with van der Waals surface area (Å²) in [7, 11) is 0. The van der Waals surface area contributed by atoms with E-state index in [-0.39, 0.29) is 17.0 Å². The van der Waals surface area contributed by atoms with Crippen molar-refractivity contribution in [2.45, 2.75) is 25.8 Å². The van der Waals surface area contributed by atoms with Crippen LogP contribution in [0.2, 0.25) is 0 Å². The number of carbonyl (C=O) groups is 1. The van der Waals surface area contributed by atoms with Crippen LogP contribution >= 0.6 is 0 Å². The van der Waals surface area contributed by atoms with Crippen LogP contribution in [0, 0.1) is 0 Å². The second-order valence-corrected chi connectivity index (χ2v) is 5.73. The van der Waals surface area contributed by atoms with E-state index in [1.54, 1.807) is 6.07 Å². The fourth-order valence-corrected chi connectivity index (χ4v) is 3.16. The number of hydrogen-bond acceptors (Lipinski definition) is 3. The molecule has 0 aliphatic carbocycles. The van der Waals surface area contributed by atoms with Crippen molar-refractivity contribution >= 4 is 16.8 Å². The zero-order valence-electron chi connectivity index (χ0n) is 12.8. The molecule has 0 spiro atoms. The van der Waals surface area contributed by atoms with Crippen LogP contribution in [0.25, 0.3) is 10.9 Å². The Bertz CT molecular complexity index is 738. The van der Waals surface area contributed by atoms with Gasteiger partial charge in [0, 0.05) is 18.1 Å². The highest BCUT2D eigenvalue weighted by atomic mass is 16.2. The van der Waals surface area contributed by atoms with Gasteiger partial charge in [-0.2, -0.15) is 0 Å². The Balaban J connectivity index is 1.75. The first kappa shape index (κ1) is 14.8. The number of para-hydroxylation sites is 1. The number of benzene rings is 1. The molecule has 1 aromatic carbocycles. The number of likely N-dealkylation sites (tertiary alicyclic amines) is 1. The molecule has 1 saturated heterocycles. The van der Waals surface area contributed by atoms with E-state index in [1.165, 1.54) is 6.42 Å². The number of pyridine rings is 1. The quantitative estimate of drug-likeness (QED) is 0.904. The molecule has 116 valence electrons. The average Bonchev–Trinajstić information content (AvgIpc) is 2.99. The Labute approximate surface area is 129 Å². The van der Waals surface area contributed by atoms with Gasteiger partial charge >= 0.3 is 0 Å². The molecule has 1 aliphatic rings. The lowest BCUT2D eigenvalue weighted by Crippen LogP contribution is -2.41. The van der Waals surface area contributed by atoms with E-state index in [4.69, 9.17) is 0 Å². The molecular weight excluding hydrogens is 278 g/mol. The Morgan fingerprint density at radius 3 is 3.05 bits per heavy atom. The Morgan fingerprint density at radius 1 is 1.41 bits per heavy atom. The van der Waals surface area contributed by atoms with Gasteiger partial charge in [0.25, 0.3) is 11.5 Å². The highest BCUT2D eigenvalue weighted by Gasteiger charge is 2.23. The lowest BCUT2D eigenvalue weighted by Gasteiger charge is -2.22. The molecule has 2 N–H and O–H groups in total. The van der Waals surface area contributed by atoms with Crippen molar-refractivity contribution in [1.82, 2.24) is 15.2 Å². The molecule has 1 amide bonds. The van der Waals surface area contributed by atoms with Gasteiger partial charge in [-0.25, -0.2) is 0 Å². The molecule has 0 bridgehead atoms. The highest BCUT2D eigenvalue weighted by molar-refractivity contribution is 5.97. The van der Waals surface area contributed by atoms with E-state index in [9.17, 15) is 9.59 Å². The van der Waals surface area contributed by atoms with Gasteiger partial charge in [0.05, 0.1) is 0 Å². The van der Waals surface area contributed by atoms with E-state index in [0.29, 0.717) is 12.6 Å². The summed E-state index contributed by atoms with van der Waals surface area (Å²) in [6, 6.07) is 9.51. The summed E-state index contributed by atoms with van der Waals surface area (Å²) in [5.74, 6) is -0.296. The van der Waals surface area contributed by atoms with Gasteiger partial charge in [-0.3, -0.25) is 14.5 Å². The van der Waals surface area contributed by atoms with Crippen LogP contribution in [0.15, 0.2) is 35.1 Å². The standard InChI is InChI=1S/C17H21N3O2/c1-2-20-9-5-7-13(20)11-18-16(21)14-10-12-6-3-4-8-15(12)19-17(14)22/h3-4,6,8,10,13H,2,5,7,9,11H2,1H3,(H,18,21)(H,19,22)/t13-/m1/s1. The van der Waals surface area contributed by atoms with Gasteiger partial charge in [-0.15, -0.1) is 0 Å². The maximum Gasteiger partial charge on any atom is 0.261 e. The maximum atomic E-state index is 12.3. The molecule has 0 radical (unpaired) electrons. The van der Waals surface area contributed by atoms with E-state index < -0.39 is 0 Å². The maximum absolute atomic E-state index is 12.3. The van der Waals surface area contributed by atoms with Crippen molar-refractivity contribution in [3.05, 3.63) is 46.2 Å². The molecule has 2 heterocycles. The van der Waals surface area contributed by atoms with Gasteiger partial charge in [0.2, 0.25) is 0 Å². The van der Waals surface area contributed by atoms with Gasteiger partial charge in [0.1, 0.15) is 5.56 Å². The van der Waals surface area contributed by atoms with Crippen LogP contribution in [0.4, 0.5) is 0 Å². The van der Waals surface area contributed by atoms with E-state index in [1.807, 2.05) is 24.3 Å². The number of aromatic amines is 1. The molecule has 1 aliphatic heterocycles. The molecular formula is C17H21N3O2. The highest BCUT2D eigenvalue weighted by Crippen LogP contribution is 2.16. The smallest absolute Gasteiger partial charge is 0.261 e. The minimum Gasteiger partial charge on any atom is -0.350 e. The number of amides is 1. The number of fused-ring (bicyclic) bond motifs is 1. The van der Waals surface area contributed by atoms with Crippen LogP contribution in [0.5, 0.6) is 0 Å². The van der Waals surface area contributed by atoms with Crippen LogP contribution in [0.1, 0.15) is 30.1 Å². The van der Waals surface area contributed by atoms with Crippen molar-refractivity contribution in [3.63, 3.8) is 0 Å². The minimum atomic E-state index is -0.338. The number of hydrogen-bond donors (Lipinski definition) is 2. The molecule has 22 heavy (non-hydrogen) atoms. The van der Waals surface area contributed by atoms with E-state index >= 15 is 0 Å². The molecule has 3 rings (SSSR count). The normalized spacial score (nSPS) is 18.7. The second kappa shape index (κ2) is 6.32. The van der Waals surface area contributed by atoms with Gasteiger partial charge in [0.15, 0.2) is 0 Å². The fraction of sp³-hybridized carbons (Fsp3) is 0.412.